The molecule has 9 nitrogen and oxygen atoms in total. The number of carbonyl (C=O) groups excluding carboxylic acids is 3. The molecule has 0 saturated carbocycles. The fourth-order valence-corrected chi connectivity index (χ4v) is 4.07. The molecule has 0 bridgehead atoms. The Morgan fingerprint density at radius 3 is 2.57 bits per heavy atom. The Morgan fingerprint density at radius 2 is 1.76 bits per heavy atom. The van der Waals surface area contributed by atoms with Crippen LogP contribution in [0.5, 0.6) is 11.5 Å². The summed E-state index contributed by atoms with van der Waals surface area (Å²) >= 11 is 0. The van der Waals surface area contributed by atoms with E-state index in [1.165, 1.54) is 37.6 Å². The molecule has 1 amide bonds. The number of halogens is 2. The van der Waals surface area contributed by atoms with E-state index in [1.807, 2.05) is 0 Å². The van der Waals surface area contributed by atoms with Gasteiger partial charge in [-0.15, -0.1) is 0 Å². The molecule has 0 aliphatic rings. The lowest BCUT2D eigenvalue weighted by atomic mass is 10.0. The number of esters is 1. The van der Waals surface area contributed by atoms with Crippen LogP contribution in [0.4, 0.5) is 8.78 Å². The lowest BCUT2D eigenvalue weighted by Crippen LogP contribution is -2.29. The summed E-state index contributed by atoms with van der Waals surface area (Å²) in [6.07, 6.45) is 3.46. The summed E-state index contributed by atoms with van der Waals surface area (Å²) < 4.78 is 39.1. The molecule has 4 rings (SSSR count). The number of rotatable bonds is 13. The van der Waals surface area contributed by atoms with Crippen molar-refractivity contribution in [1.82, 2.24) is 20.6 Å². The minimum absolute atomic E-state index is 0.104. The summed E-state index contributed by atoms with van der Waals surface area (Å²) in [4.78, 5) is 43.7. The normalized spacial score (nSPS) is 10.8. The Morgan fingerprint density at radius 1 is 0.952 bits per heavy atom. The first-order valence-corrected chi connectivity index (χ1v) is 13.2. The monoisotopic (exact) mass is 576 g/mol. The molecule has 0 saturated heterocycles. The molecule has 0 radical (unpaired) electrons. The second-order valence-corrected chi connectivity index (χ2v) is 9.48. The van der Waals surface area contributed by atoms with Crippen LogP contribution in [0.2, 0.25) is 0 Å². The van der Waals surface area contributed by atoms with Crippen molar-refractivity contribution in [3.8, 4) is 22.9 Å². The number of ether oxygens (including phenoxy) is 2. The molecule has 0 spiro atoms. The lowest BCUT2D eigenvalue weighted by molar-refractivity contribution is -0.139. The van der Waals surface area contributed by atoms with Crippen LogP contribution in [0.3, 0.4) is 0 Å². The van der Waals surface area contributed by atoms with Gasteiger partial charge in [-0.05, 0) is 61.9 Å². The van der Waals surface area contributed by atoms with Gasteiger partial charge in [0.2, 0.25) is 0 Å². The van der Waals surface area contributed by atoms with Crippen molar-refractivity contribution in [3.05, 3.63) is 101 Å². The highest BCUT2D eigenvalue weighted by molar-refractivity contribution is 5.98. The lowest BCUT2D eigenvalue weighted by Gasteiger charge is -2.10. The summed E-state index contributed by atoms with van der Waals surface area (Å²) in [5.41, 5.74) is 2.64. The number of H-pyrrole nitrogens is 1. The van der Waals surface area contributed by atoms with Crippen molar-refractivity contribution in [2.24, 2.45) is 0 Å². The van der Waals surface area contributed by atoms with Gasteiger partial charge in [-0.3, -0.25) is 19.4 Å². The number of benzene rings is 2. The quantitative estimate of drug-likeness (QED) is 0.119. The van der Waals surface area contributed by atoms with Gasteiger partial charge in [0.1, 0.15) is 11.6 Å². The topological polar surface area (TPSA) is 122 Å². The molecule has 0 unspecified atom stereocenters. The van der Waals surface area contributed by atoms with Gasteiger partial charge in [0.05, 0.1) is 30.6 Å². The maximum atomic E-state index is 14.6. The molecule has 4 aromatic rings. The molecule has 0 aliphatic heterocycles. The number of nitrogens with one attached hydrogen (secondary N) is 3. The molecule has 2 aromatic heterocycles. The Hall–Kier alpha value is -4.90. The van der Waals surface area contributed by atoms with E-state index in [1.54, 1.807) is 37.4 Å². The number of aromatic nitrogens is 2. The van der Waals surface area contributed by atoms with Crippen LogP contribution in [0.25, 0.3) is 11.4 Å². The summed E-state index contributed by atoms with van der Waals surface area (Å²) in [5, 5.41) is 5.72. The van der Waals surface area contributed by atoms with Crippen LogP contribution in [0.1, 0.15) is 38.3 Å². The van der Waals surface area contributed by atoms with E-state index in [2.05, 4.69) is 25.3 Å². The van der Waals surface area contributed by atoms with E-state index in [0.717, 1.165) is 11.6 Å². The van der Waals surface area contributed by atoms with E-state index < -0.39 is 11.6 Å². The predicted molar refractivity (Wildman–Crippen MR) is 152 cm³/mol. The number of amides is 1. The van der Waals surface area contributed by atoms with Crippen LogP contribution >= 0.6 is 0 Å². The SMILES string of the molecule is COC(=O)CNCCCNC(=O)c1c[nH]c(-c2cc(Oc3cc(C(=O)Cc4cc(C)ccc4F)ccc3F)ccn2)c1. The van der Waals surface area contributed by atoms with E-state index in [-0.39, 0.29) is 53.3 Å². The van der Waals surface area contributed by atoms with Crippen molar-refractivity contribution in [3.63, 3.8) is 0 Å². The van der Waals surface area contributed by atoms with Gasteiger partial charge >= 0.3 is 5.97 Å². The maximum Gasteiger partial charge on any atom is 0.319 e. The summed E-state index contributed by atoms with van der Waals surface area (Å²) in [7, 11) is 1.32. The van der Waals surface area contributed by atoms with Gasteiger partial charge in [0, 0.05) is 37.0 Å². The van der Waals surface area contributed by atoms with E-state index in [0.29, 0.717) is 36.5 Å². The Bertz CT molecular complexity index is 1590. The smallest absolute Gasteiger partial charge is 0.319 e. The molecule has 2 heterocycles. The largest absolute Gasteiger partial charge is 0.468 e. The number of hydrogen-bond acceptors (Lipinski definition) is 7. The van der Waals surface area contributed by atoms with Crippen molar-refractivity contribution in [2.45, 2.75) is 19.8 Å². The number of Topliss-reactive ketones (excluding diaryl/α,β-unsaturated/α-hetero) is 1. The van der Waals surface area contributed by atoms with Gasteiger partial charge in [0.25, 0.3) is 5.91 Å². The van der Waals surface area contributed by atoms with Crippen molar-refractivity contribution < 1.29 is 32.6 Å². The molecular formula is C31H30F2N4O5. The molecule has 0 atom stereocenters. The first kappa shape index (κ1) is 30.1. The zero-order chi connectivity index (χ0) is 30.1. The minimum atomic E-state index is -0.675. The van der Waals surface area contributed by atoms with E-state index >= 15 is 0 Å². The third-order valence-corrected chi connectivity index (χ3v) is 6.30. The fraction of sp³-hybridized carbons (Fsp3) is 0.226. The first-order chi connectivity index (χ1) is 20.2. The molecule has 0 fully saturated rings. The first-order valence-electron chi connectivity index (χ1n) is 13.2. The number of nitrogens with zero attached hydrogens (tertiary/aromatic N) is 1. The minimum Gasteiger partial charge on any atom is -0.468 e. The number of methoxy groups -OCH3 is 1. The average molecular weight is 577 g/mol. The van der Waals surface area contributed by atoms with Gasteiger partial charge < -0.3 is 25.1 Å². The summed E-state index contributed by atoms with van der Waals surface area (Å²) in [5.74, 6) is -2.09. The molecule has 2 aromatic carbocycles. The van der Waals surface area contributed by atoms with Crippen LogP contribution in [-0.2, 0) is 16.0 Å². The number of pyridine rings is 1. The van der Waals surface area contributed by atoms with Gasteiger partial charge in [-0.2, -0.15) is 0 Å². The molecular weight excluding hydrogens is 546 g/mol. The highest BCUT2D eigenvalue weighted by Gasteiger charge is 2.16. The van der Waals surface area contributed by atoms with Crippen LogP contribution < -0.4 is 15.4 Å². The second kappa shape index (κ2) is 14.1. The third-order valence-electron chi connectivity index (χ3n) is 6.30. The molecule has 11 heteroatoms. The number of aromatic amines is 1. The van der Waals surface area contributed by atoms with Crippen molar-refractivity contribution >= 4 is 17.7 Å². The van der Waals surface area contributed by atoms with E-state index in [9.17, 15) is 23.2 Å². The highest BCUT2D eigenvalue weighted by Crippen LogP contribution is 2.29. The van der Waals surface area contributed by atoms with Crippen LogP contribution in [0, 0.1) is 18.6 Å². The van der Waals surface area contributed by atoms with Crippen molar-refractivity contribution in [2.75, 3.05) is 26.7 Å². The summed E-state index contributed by atoms with van der Waals surface area (Å²) in [6, 6.07) is 13.0. The average Bonchev–Trinajstić information content (AvgIpc) is 3.48. The maximum absolute atomic E-state index is 14.6. The Labute approximate surface area is 241 Å². The number of aryl methyl sites for hydroxylation is 1. The molecule has 42 heavy (non-hydrogen) atoms. The number of carbonyl (C=O) groups is 3. The predicted octanol–water partition coefficient (Wildman–Crippen LogP) is 4.76. The van der Waals surface area contributed by atoms with Gasteiger partial charge in [-0.1, -0.05) is 17.7 Å². The van der Waals surface area contributed by atoms with Crippen molar-refractivity contribution in [1.29, 1.82) is 0 Å². The zero-order valence-electron chi connectivity index (χ0n) is 23.1. The standard InChI is InChI=1S/C31H30F2N4O5/c1-19-4-6-24(32)21(12-19)14-28(38)20-5-7-25(33)29(15-20)42-23-8-11-35-27(16-23)26-13-22(17-37-26)31(40)36-10-3-9-34-18-30(39)41-2/h4-8,11-13,15-17,34,37H,3,9-10,14,18H2,1-2H3,(H,36,40). The zero-order valence-corrected chi connectivity index (χ0v) is 23.1. The van der Waals surface area contributed by atoms with Gasteiger partial charge in [0.15, 0.2) is 17.3 Å². The number of hydrogen-bond donors (Lipinski definition) is 3. The molecule has 218 valence electrons. The third kappa shape index (κ3) is 8.07. The van der Waals surface area contributed by atoms with Gasteiger partial charge in [-0.25, -0.2) is 8.78 Å². The van der Waals surface area contributed by atoms with Crippen LogP contribution in [-0.4, -0.2) is 54.4 Å². The molecule has 0 aliphatic carbocycles. The summed E-state index contributed by atoms with van der Waals surface area (Å²) in [6.45, 7) is 2.85. The van der Waals surface area contributed by atoms with Crippen LogP contribution in [0.15, 0.2) is 67.0 Å². The second-order valence-electron chi connectivity index (χ2n) is 9.48. The fourth-order valence-electron chi connectivity index (χ4n) is 4.07. The molecule has 3 N–H and O–H groups in total. The number of ketones is 1. The van der Waals surface area contributed by atoms with E-state index in [4.69, 9.17) is 4.74 Å². The highest BCUT2D eigenvalue weighted by atomic mass is 19.1. The Kier molecular flexibility index (Phi) is 10.1. The Balaban J connectivity index is 1.38.